The standard InChI is InChI=1S/C31H36N4O6S.H2/c1-20-26(32-29(37)40-21(2)22-8-6-5-7-9-22)27(41-33-20)23-16-30(17-23)18-35(19-30)25-12-10-24(11-13-25)31(14-15-31)28(36)34(3)42(4,38)39;/h5-13,21,23H,14-19H2,1-4H3,(H,32,37);1H/t21-;/m1./s1. The average molecular weight is 595 g/mol. The fourth-order valence-electron chi connectivity index (χ4n) is 6.47. The summed E-state index contributed by atoms with van der Waals surface area (Å²) in [4.78, 5) is 27.9. The minimum absolute atomic E-state index is 0. The van der Waals surface area contributed by atoms with E-state index in [1.165, 1.54) is 7.05 Å². The molecule has 2 amide bonds. The summed E-state index contributed by atoms with van der Waals surface area (Å²) in [6, 6.07) is 17.5. The lowest BCUT2D eigenvalue weighted by atomic mass is 9.57. The first-order chi connectivity index (χ1) is 19.9. The highest BCUT2D eigenvalue weighted by molar-refractivity contribution is 7.88. The van der Waals surface area contributed by atoms with Crippen molar-refractivity contribution in [3.63, 3.8) is 0 Å². The summed E-state index contributed by atoms with van der Waals surface area (Å²) in [6.45, 7) is 5.47. The molecule has 3 aromatic rings. The van der Waals surface area contributed by atoms with Gasteiger partial charge in [-0.1, -0.05) is 47.6 Å². The van der Waals surface area contributed by atoms with Crippen LogP contribution in [0.5, 0.6) is 0 Å². The third-order valence-electron chi connectivity index (χ3n) is 9.18. The molecule has 10 nitrogen and oxygen atoms in total. The zero-order chi connectivity index (χ0) is 29.9. The second-order valence-corrected chi connectivity index (χ2v) is 14.2. The number of aromatic nitrogens is 1. The van der Waals surface area contributed by atoms with E-state index >= 15 is 0 Å². The highest BCUT2D eigenvalue weighted by atomic mass is 32.2. The molecule has 1 aromatic heterocycles. The maximum absolute atomic E-state index is 12.9. The van der Waals surface area contributed by atoms with Crippen LogP contribution < -0.4 is 10.2 Å². The first-order valence-electron chi connectivity index (χ1n) is 14.2. The van der Waals surface area contributed by atoms with Crippen LogP contribution in [0.4, 0.5) is 16.2 Å². The highest BCUT2D eigenvalue weighted by Crippen LogP contribution is 2.58. The first kappa shape index (κ1) is 28.3. The van der Waals surface area contributed by atoms with E-state index in [4.69, 9.17) is 9.26 Å². The molecule has 1 atom stereocenters. The Morgan fingerprint density at radius 1 is 1.12 bits per heavy atom. The van der Waals surface area contributed by atoms with Crippen molar-refractivity contribution >= 4 is 33.4 Å². The molecule has 2 aliphatic carbocycles. The summed E-state index contributed by atoms with van der Waals surface area (Å²) in [5.41, 5.74) is 3.54. The number of rotatable bonds is 8. The maximum atomic E-state index is 12.9. The zero-order valence-electron chi connectivity index (χ0n) is 24.3. The summed E-state index contributed by atoms with van der Waals surface area (Å²) in [6.07, 6.45) is 3.31. The Hall–Kier alpha value is -3.86. The van der Waals surface area contributed by atoms with Crippen molar-refractivity contribution in [3.05, 3.63) is 77.2 Å². The van der Waals surface area contributed by atoms with Crippen LogP contribution in [0.1, 0.15) is 68.6 Å². The average Bonchev–Trinajstić information content (AvgIpc) is 3.66. The van der Waals surface area contributed by atoms with Crippen LogP contribution in [0.3, 0.4) is 0 Å². The van der Waals surface area contributed by atoms with Gasteiger partial charge in [0.1, 0.15) is 17.5 Å². The van der Waals surface area contributed by atoms with Crippen molar-refractivity contribution in [2.24, 2.45) is 5.41 Å². The Morgan fingerprint density at radius 2 is 1.76 bits per heavy atom. The van der Waals surface area contributed by atoms with Gasteiger partial charge in [-0.05, 0) is 62.8 Å². The molecular weight excluding hydrogens is 556 g/mol. The largest absolute Gasteiger partial charge is 0.441 e. The third-order valence-corrected chi connectivity index (χ3v) is 10.3. The lowest BCUT2D eigenvalue weighted by Crippen LogP contribution is -2.61. The second-order valence-electron chi connectivity index (χ2n) is 12.2. The summed E-state index contributed by atoms with van der Waals surface area (Å²) in [7, 11) is -2.26. The van der Waals surface area contributed by atoms with Crippen LogP contribution in [0.15, 0.2) is 59.1 Å². The minimum atomic E-state index is -3.59. The lowest BCUT2D eigenvalue weighted by molar-refractivity contribution is -0.128. The van der Waals surface area contributed by atoms with E-state index in [9.17, 15) is 18.0 Å². The van der Waals surface area contributed by atoms with Gasteiger partial charge in [-0.15, -0.1) is 0 Å². The molecule has 2 saturated carbocycles. The molecule has 2 heterocycles. The molecule has 1 saturated heterocycles. The van der Waals surface area contributed by atoms with Gasteiger partial charge in [-0.3, -0.25) is 10.1 Å². The number of likely N-dealkylation sites (N-methyl/N-ethyl adjacent to an activating group) is 1. The number of sulfonamides is 1. The van der Waals surface area contributed by atoms with Crippen LogP contribution in [-0.2, 0) is 25.0 Å². The van der Waals surface area contributed by atoms with E-state index in [-0.39, 0.29) is 24.8 Å². The number of ether oxygens (including phenoxy) is 1. The molecule has 11 heteroatoms. The number of anilines is 2. The molecule has 1 aliphatic heterocycles. The van der Waals surface area contributed by atoms with Gasteiger partial charge in [-0.2, -0.15) is 0 Å². The van der Waals surface area contributed by atoms with Crippen molar-refractivity contribution in [1.82, 2.24) is 9.46 Å². The molecule has 6 rings (SSSR count). The van der Waals surface area contributed by atoms with Crippen molar-refractivity contribution in [2.75, 3.05) is 36.6 Å². The van der Waals surface area contributed by atoms with E-state index in [0.29, 0.717) is 30.0 Å². The molecule has 2 aromatic carbocycles. The first-order valence-corrected chi connectivity index (χ1v) is 16.1. The lowest BCUT2D eigenvalue weighted by Gasteiger charge is -2.59. The highest BCUT2D eigenvalue weighted by Gasteiger charge is 2.55. The molecule has 0 bridgehead atoms. The Kier molecular flexibility index (Phi) is 6.83. The number of hydrogen-bond acceptors (Lipinski definition) is 8. The molecular formula is C31H38N4O6S. The van der Waals surface area contributed by atoms with Gasteiger partial charge >= 0.3 is 6.09 Å². The van der Waals surface area contributed by atoms with Crippen molar-refractivity contribution in [2.45, 2.75) is 57.0 Å². The van der Waals surface area contributed by atoms with Crippen molar-refractivity contribution in [1.29, 1.82) is 0 Å². The molecule has 42 heavy (non-hydrogen) atoms. The van der Waals surface area contributed by atoms with Crippen LogP contribution in [-0.4, -0.2) is 56.3 Å². The number of carbonyl (C=O) groups is 2. The quantitative estimate of drug-likeness (QED) is 0.369. The number of carbonyl (C=O) groups excluding carboxylic acids is 2. The van der Waals surface area contributed by atoms with E-state index in [2.05, 4.69) is 15.4 Å². The Labute approximate surface area is 247 Å². The zero-order valence-corrected chi connectivity index (χ0v) is 25.1. The van der Waals surface area contributed by atoms with Crippen molar-refractivity contribution < 1.29 is 28.7 Å². The van der Waals surface area contributed by atoms with Crippen molar-refractivity contribution in [3.8, 4) is 0 Å². The SMILES string of the molecule is Cc1noc(C2CC3(C2)CN(c2ccc(C4(C(=O)N(C)S(C)(=O)=O)CC4)cc2)C3)c1NC(=O)O[C@H](C)c1ccccc1.[HH]. The van der Waals surface area contributed by atoms with E-state index in [1.54, 1.807) is 0 Å². The number of benzene rings is 2. The predicted octanol–water partition coefficient (Wildman–Crippen LogP) is 5.37. The molecule has 1 spiro atoms. The molecule has 0 radical (unpaired) electrons. The second kappa shape index (κ2) is 10.1. The minimum Gasteiger partial charge on any atom is -0.441 e. The summed E-state index contributed by atoms with van der Waals surface area (Å²) in [5, 5.41) is 6.98. The number of amides is 2. The van der Waals surface area contributed by atoms with E-state index in [1.807, 2.05) is 68.4 Å². The fraction of sp³-hybridized carbons (Fsp3) is 0.452. The number of nitrogens with zero attached hydrogens (tertiary/aromatic N) is 3. The van der Waals surface area contributed by atoms with Crippen LogP contribution >= 0.6 is 0 Å². The van der Waals surface area contributed by atoms with Crippen LogP contribution in [0.25, 0.3) is 0 Å². The van der Waals surface area contributed by atoms with Gasteiger partial charge in [0.05, 0.1) is 11.7 Å². The van der Waals surface area contributed by atoms with Crippen LogP contribution in [0.2, 0.25) is 0 Å². The van der Waals surface area contributed by atoms with Crippen LogP contribution in [0, 0.1) is 12.3 Å². The fourth-order valence-corrected chi connectivity index (χ4v) is 6.95. The normalized spacial score (nSPS) is 19.4. The smallest absolute Gasteiger partial charge is 0.412 e. The third kappa shape index (κ3) is 5.04. The summed E-state index contributed by atoms with van der Waals surface area (Å²) < 4.78 is 35.9. The number of hydrogen-bond donors (Lipinski definition) is 1. The molecule has 3 fully saturated rings. The Morgan fingerprint density at radius 3 is 2.36 bits per heavy atom. The van der Waals surface area contributed by atoms with Gasteiger partial charge in [0, 0.05) is 38.6 Å². The molecule has 3 aliphatic rings. The topological polar surface area (TPSA) is 122 Å². The van der Waals surface area contributed by atoms with Gasteiger partial charge in [0.15, 0.2) is 5.76 Å². The van der Waals surface area contributed by atoms with E-state index < -0.39 is 21.5 Å². The number of aryl methyl sites for hydroxylation is 1. The van der Waals surface area contributed by atoms with Gasteiger partial charge in [0.2, 0.25) is 15.9 Å². The summed E-state index contributed by atoms with van der Waals surface area (Å²) >= 11 is 0. The maximum Gasteiger partial charge on any atom is 0.412 e. The summed E-state index contributed by atoms with van der Waals surface area (Å²) in [5.74, 6) is 0.505. The monoisotopic (exact) mass is 594 g/mol. The Bertz CT molecular complexity index is 1610. The van der Waals surface area contributed by atoms with E-state index in [0.717, 1.165) is 53.3 Å². The Balaban J connectivity index is 0.00000368. The van der Waals surface area contributed by atoms with Gasteiger partial charge in [-0.25, -0.2) is 17.5 Å². The molecule has 0 unspecified atom stereocenters. The predicted molar refractivity (Wildman–Crippen MR) is 160 cm³/mol. The molecule has 1 N–H and O–H groups in total. The molecule has 224 valence electrons. The number of nitrogens with one attached hydrogen (secondary N) is 1. The van der Waals surface area contributed by atoms with Gasteiger partial charge in [0.25, 0.3) is 0 Å². The van der Waals surface area contributed by atoms with Gasteiger partial charge < -0.3 is 14.2 Å².